The van der Waals surface area contributed by atoms with Crippen molar-refractivity contribution in [3.05, 3.63) is 0 Å². The van der Waals surface area contributed by atoms with E-state index >= 15 is 0 Å². The average Bonchev–Trinajstić information content (AvgIpc) is 2.63. The standard InChI is InChI=1S/C11H19N3O2S2/c1-7-3-5-8(6-4-7)13-11-9(18(2,15)16)10(12)14-17-11/h7-8,13H,3-6H2,1-2H3,(H2,12,14). The van der Waals surface area contributed by atoms with Gasteiger partial charge in [0.05, 0.1) is 0 Å². The zero-order chi connectivity index (χ0) is 13.3. The molecule has 0 amide bonds. The lowest BCUT2D eigenvalue weighted by Crippen LogP contribution is -2.25. The van der Waals surface area contributed by atoms with Crippen molar-refractivity contribution in [3.8, 4) is 0 Å². The summed E-state index contributed by atoms with van der Waals surface area (Å²) in [5, 5.41) is 3.89. The van der Waals surface area contributed by atoms with Crippen LogP contribution in [0.3, 0.4) is 0 Å². The van der Waals surface area contributed by atoms with Gasteiger partial charge < -0.3 is 11.1 Å². The highest BCUT2D eigenvalue weighted by atomic mass is 32.2. The van der Waals surface area contributed by atoms with Gasteiger partial charge in [0.2, 0.25) is 0 Å². The molecule has 3 N–H and O–H groups in total. The van der Waals surface area contributed by atoms with Crippen molar-refractivity contribution in [3.63, 3.8) is 0 Å². The molecule has 0 radical (unpaired) electrons. The molecule has 1 aromatic rings. The van der Waals surface area contributed by atoms with Crippen LogP contribution < -0.4 is 11.1 Å². The molecular formula is C11H19N3O2S2. The summed E-state index contributed by atoms with van der Waals surface area (Å²) in [5.74, 6) is 0.873. The van der Waals surface area contributed by atoms with Gasteiger partial charge in [0.1, 0.15) is 9.90 Å². The van der Waals surface area contributed by atoms with Crippen LogP contribution in [0.25, 0.3) is 0 Å². The second-order valence-corrected chi connectivity index (χ2v) is 7.83. The second kappa shape index (κ2) is 5.05. The smallest absolute Gasteiger partial charge is 0.182 e. The average molecular weight is 289 g/mol. The lowest BCUT2D eigenvalue weighted by molar-refractivity contribution is 0.361. The Morgan fingerprint density at radius 2 is 1.94 bits per heavy atom. The van der Waals surface area contributed by atoms with Crippen LogP contribution >= 0.6 is 11.5 Å². The van der Waals surface area contributed by atoms with Gasteiger partial charge in [-0.1, -0.05) is 6.92 Å². The predicted octanol–water partition coefficient (Wildman–Crippen LogP) is 2.12. The summed E-state index contributed by atoms with van der Waals surface area (Å²) in [6, 6.07) is 0.335. The number of aromatic nitrogens is 1. The van der Waals surface area contributed by atoms with E-state index in [2.05, 4.69) is 16.6 Å². The summed E-state index contributed by atoms with van der Waals surface area (Å²) in [5.41, 5.74) is 5.63. The van der Waals surface area contributed by atoms with Crippen molar-refractivity contribution < 1.29 is 8.42 Å². The fourth-order valence-electron chi connectivity index (χ4n) is 2.33. The molecule has 0 spiro atoms. The molecule has 1 aliphatic rings. The van der Waals surface area contributed by atoms with Crippen LogP contribution in [0.15, 0.2) is 4.90 Å². The van der Waals surface area contributed by atoms with E-state index in [9.17, 15) is 8.42 Å². The quantitative estimate of drug-likeness (QED) is 0.890. The van der Waals surface area contributed by atoms with E-state index in [1.807, 2.05) is 0 Å². The van der Waals surface area contributed by atoms with E-state index in [0.717, 1.165) is 30.3 Å². The Balaban J connectivity index is 2.15. The summed E-state index contributed by atoms with van der Waals surface area (Å²) >= 11 is 1.13. The van der Waals surface area contributed by atoms with Crippen LogP contribution in [-0.2, 0) is 9.84 Å². The molecule has 7 heteroatoms. The first kappa shape index (κ1) is 13.6. The maximum atomic E-state index is 11.7. The summed E-state index contributed by atoms with van der Waals surface area (Å²) in [4.78, 5) is 0.158. The van der Waals surface area contributed by atoms with Crippen LogP contribution in [0.5, 0.6) is 0 Å². The number of rotatable bonds is 3. The predicted molar refractivity (Wildman–Crippen MR) is 74.7 cm³/mol. The fraction of sp³-hybridized carbons (Fsp3) is 0.727. The molecule has 0 unspecified atom stereocenters. The Hall–Kier alpha value is -0.820. The number of sulfone groups is 1. The number of nitrogens with zero attached hydrogens (tertiary/aromatic N) is 1. The lowest BCUT2D eigenvalue weighted by Gasteiger charge is -2.27. The molecule has 1 aromatic heterocycles. The Kier molecular flexibility index (Phi) is 3.82. The van der Waals surface area contributed by atoms with Crippen LogP contribution in [0.1, 0.15) is 32.6 Å². The molecule has 0 saturated heterocycles. The van der Waals surface area contributed by atoms with Gasteiger partial charge in [-0.05, 0) is 43.1 Å². The zero-order valence-corrected chi connectivity index (χ0v) is 12.3. The SMILES string of the molecule is CC1CCC(Nc2snc(N)c2S(C)(=O)=O)CC1. The molecule has 1 fully saturated rings. The van der Waals surface area contributed by atoms with Crippen molar-refractivity contribution >= 4 is 32.2 Å². The third kappa shape index (κ3) is 2.95. The molecule has 18 heavy (non-hydrogen) atoms. The maximum absolute atomic E-state index is 11.7. The molecule has 102 valence electrons. The van der Waals surface area contributed by atoms with Crippen molar-refractivity contribution in [2.45, 2.75) is 43.5 Å². The molecule has 0 aromatic carbocycles. The molecule has 2 rings (SSSR count). The number of nitrogens with two attached hydrogens (primary N) is 1. The van der Waals surface area contributed by atoms with Crippen molar-refractivity contribution in [2.24, 2.45) is 5.92 Å². The highest BCUT2D eigenvalue weighted by Crippen LogP contribution is 2.34. The van der Waals surface area contributed by atoms with Crippen LogP contribution in [0.4, 0.5) is 10.8 Å². The Morgan fingerprint density at radius 3 is 2.50 bits per heavy atom. The van der Waals surface area contributed by atoms with Crippen molar-refractivity contribution in [1.29, 1.82) is 0 Å². The lowest BCUT2D eigenvalue weighted by atomic mass is 9.87. The van der Waals surface area contributed by atoms with Gasteiger partial charge in [0.15, 0.2) is 15.7 Å². The number of anilines is 2. The fourth-order valence-corrected chi connectivity index (χ4v) is 4.47. The molecule has 5 nitrogen and oxygen atoms in total. The van der Waals surface area contributed by atoms with Gasteiger partial charge in [-0.3, -0.25) is 0 Å². The molecule has 1 aliphatic carbocycles. The number of hydrogen-bond donors (Lipinski definition) is 2. The van der Waals surface area contributed by atoms with E-state index < -0.39 is 9.84 Å². The first-order valence-corrected chi connectivity index (χ1v) is 8.76. The van der Waals surface area contributed by atoms with Crippen molar-refractivity contribution in [1.82, 2.24) is 4.37 Å². The van der Waals surface area contributed by atoms with Gasteiger partial charge in [0, 0.05) is 12.3 Å². The molecule has 0 atom stereocenters. The van der Waals surface area contributed by atoms with Crippen LogP contribution in [0.2, 0.25) is 0 Å². The van der Waals surface area contributed by atoms with E-state index in [-0.39, 0.29) is 10.7 Å². The third-order valence-electron chi connectivity index (χ3n) is 3.40. The van der Waals surface area contributed by atoms with E-state index in [4.69, 9.17) is 5.73 Å². The second-order valence-electron chi connectivity index (χ2n) is 5.10. The summed E-state index contributed by atoms with van der Waals surface area (Å²) in [6.07, 6.45) is 5.67. The highest BCUT2D eigenvalue weighted by molar-refractivity contribution is 7.91. The minimum atomic E-state index is -3.32. The normalized spacial score (nSPS) is 25.0. The van der Waals surface area contributed by atoms with E-state index in [1.54, 1.807) is 0 Å². The van der Waals surface area contributed by atoms with E-state index in [0.29, 0.717) is 11.0 Å². The van der Waals surface area contributed by atoms with E-state index in [1.165, 1.54) is 19.1 Å². The molecule has 1 saturated carbocycles. The summed E-state index contributed by atoms with van der Waals surface area (Å²) < 4.78 is 27.3. The number of hydrogen-bond acceptors (Lipinski definition) is 6. The monoisotopic (exact) mass is 289 g/mol. The van der Waals surface area contributed by atoms with Gasteiger partial charge >= 0.3 is 0 Å². The minimum Gasteiger partial charge on any atom is -0.382 e. The summed E-state index contributed by atoms with van der Waals surface area (Å²) in [7, 11) is -3.32. The highest BCUT2D eigenvalue weighted by Gasteiger charge is 2.25. The zero-order valence-electron chi connectivity index (χ0n) is 10.6. The van der Waals surface area contributed by atoms with Gasteiger partial charge in [-0.15, -0.1) is 0 Å². The third-order valence-corrected chi connectivity index (χ3v) is 5.47. The Labute approximate surface area is 112 Å². The molecule has 1 heterocycles. The maximum Gasteiger partial charge on any atom is 0.182 e. The Morgan fingerprint density at radius 1 is 1.33 bits per heavy atom. The minimum absolute atomic E-state index is 0.106. The van der Waals surface area contributed by atoms with Crippen LogP contribution in [-0.4, -0.2) is 25.1 Å². The van der Waals surface area contributed by atoms with Crippen molar-refractivity contribution in [2.75, 3.05) is 17.3 Å². The van der Waals surface area contributed by atoms with Gasteiger partial charge in [-0.2, -0.15) is 4.37 Å². The largest absolute Gasteiger partial charge is 0.382 e. The van der Waals surface area contributed by atoms with Gasteiger partial charge in [-0.25, -0.2) is 8.42 Å². The topological polar surface area (TPSA) is 85.1 Å². The first-order chi connectivity index (χ1) is 8.38. The van der Waals surface area contributed by atoms with Crippen LogP contribution in [0, 0.1) is 5.92 Å². The van der Waals surface area contributed by atoms with Gasteiger partial charge in [0.25, 0.3) is 0 Å². The summed E-state index contributed by atoms with van der Waals surface area (Å²) in [6.45, 7) is 2.25. The number of nitrogens with one attached hydrogen (secondary N) is 1. The number of nitrogen functional groups attached to an aromatic ring is 1. The molecular weight excluding hydrogens is 270 g/mol. The Bertz CT molecular complexity index is 516. The molecule has 0 bridgehead atoms. The molecule has 0 aliphatic heterocycles. The first-order valence-electron chi connectivity index (χ1n) is 6.09.